The molecular weight excluding hydrogens is 273 g/mol. The minimum absolute atomic E-state index is 0.109. The van der Waals surface area contributed by atoms with Gasteiger partial charge in [-0.2, -0.15) is 0 Å². The van der Waals surface area contributed by atoms with Gasteiger partial charge in [0.15, 0.2) is 0 Å². The summed E-state index contributed by atoms with van der Waals surface area (Å²) in [5.41, 5.74) is 0.848. The lowest BCUT2D eigenvalue weighted by Crippen LogP contribution is -2.16. The van der Waals surface area contributed by atoms with E-state index in [4.69, 9.17) is 32.7 Å². The highest BCUT2D eigenvalue weighted by molar-refractivity contribution is 6.35. The minimum atomic E-state index is 0.109. The Morgan fingerprint density at radius 3 is 2.50 bits per heavy atom. The molecule has 0 aliphatic heterocycles. The average Bonchev–Trinajstić information content (AvgIpc) is 2.77. The number of nitrogens with one attached hydrogen (secondary N) is 1. The molecule has 1 aromatic carbocycles. The second-order valence-electron chi connectivity index (χ2n) is 3.82. The zero-order valence-corrected chi connectivity index (χ0v) is 11.1. The number of rotatable bonds is 5. The van der Waals surface area contributed by atoms with Gasteiger partial charge in [-0.05, 0) is 30.3 Å². The Hall–Kier alpha value is -1.00. The molecule has 5 heteroatoms. The van der Waals surface area contributed by atoms with Crippen molar-refractivity contribution in [3.8, 4) is 11.3 Å². The minimum Gasteiger partial charge on any atom is -0.460 e. The highest BCUT2D eigenvalue weighted by Crippen LogP contribution is 2.28. The van der Waals surface area contributed by atoms with Crippen molar-refractivity contribution < 1.29 is 9.52 Å². The maximum Gasteiger partial charge on any atom is 0.134 e. The van der Waals surface area contributed by atoms with Gasteiger partial charge in [0.05, 0.1) is 13.2 Å². The van der Waals surface area contributed by atoms with Crippen LogP contribution in [-0.4, -0.2) is 18.3 Å². The van der Waals surface area contributed by atoms with E-state index in [0.717, 1.165) is 17.1 Å². The summed E-state index contributed by atoms with van der Waals surface area (Å²) in [5, 5.41) is 12.9. The van der Waals surface area contributed by atoms with Crippen molar-refractivity contribution in [2.75, 3.05) is 13.2 Å². The Morgan fingerprint density at radius 1 is 1.11 bits per heavy atom. The molecule has 0 aliphatic rings. The van der Waals surface area contributed by atoms with Crippen LogP contribution in [0, 0.1) is 0 Å². The molecule has 0 bridgehead atoms. The summed E-state index contributed by atoms with van der Waals surface area (Å²) in [6.45, 7) is 1.23. The maximum atomic E-state index is 8.67. The zero-order chi connectivity index (χ0) is 13.0. The number of benzene rings is 1. The fourth-order valence-corrected chi connectivity index (χ4v) is 2.14. The van der Waals surface area contributed by atoms with Crippen molar-refractivity contribution in [3.05, 3.63) is 46.1 Å². The third-order valence-corrected chi connectivity index (χ3v) is 2.83. The predicted octanol–water partition coefficient (Wildman–Crippen LogP) is 3.34. The monoisotopic (exact) mass is 285 g/mol. The van der Waals surface area contributed by atoms with Gasteiger partial charge in [0, 0.05) is 22.2 Å². The second-order valence-corrected chi connectivity index (χ2v) is 4.70. The van der Waals surface area contributed by atoms with E-state index >= 15 is 0 Å². The van der Waals surface area contributed by atoms with Crippen molar-refractivity contribution in [1.29, 1.82) is 0 Å². The van der Waals surface area contributed by atoms with Crippen LogP contribution in [0.5, 0.6) is 0 Å². The number of aliphatic hydroxyl groups excluding tert-OH is 1. The lowest BCUT2D eigenvalue weighted by molar-refractivity contribution is 0.290. The van der Waals surface area contributed by atoms with Crippen LogP contribution >= 0.6 is 23.2 Å². The first-order chi connectivity index (χ1) is 8.69. The van der Waals surface area contributed by atoms with Crippen molar-refractivity contribution >= 4 is 23.2 Å². The summed E-state index contributed by atoms with van der Waals surface area (Å²) >= 11 is 11.9. The van der Waals surface area contributed by atoms with Crippen LogP contribution in [0.1, 0.15) is 5.76 Å². The number of halogens is 2. The van der Waals surface area contributed by atoms with Gasteiger partial charge in [-0.25, -0.2) is 0 Å². The van der Waals surface area contributed by atoms with Gasteiger partial charge in [-0.1, -0.05) is 23.2 Å². The van der Waals surface area contributed by atoms with Crippen LogP contribution < -0.4 is 5.32 Å². The van der Waals surface area contributed by atoms with Crippen molar-refractivity contribution in [3.63, 3.8) is 0 Å². The molecule has 0 saturated heterocycles. The van der Waals surface area contributed by atoms with E-state index in [9.17, 15) is 0 Å². The van der Waals surface area contributed by atoms with Crippen LogP contribution in [0.4, 0.5) is 0 Å². The summed E-state index contributed by atoms with van der Waals surface area (Å²) in [4.78, 5) is 0. The lowest BCUT2D eigenvalue weighted by atomic mass is 10.2. The van der Waals surface area contributed by atoms with Crippen LogP contribution in [0.2, 0.25) is 10.0 Å². The van der Waals surface area contributed by atoms with Crippen LogP contribution in [0.25, 0.3) is 11.3 Å². The van der Waals surface area contributed by atoms with Gasteiger partial charge >= 0.3 is 0 Å². The molecule has 1 heterocycles. The van der Waals surface area contributed by atoms with Gasteiger partial charge < -0.3 is 14.8 Å². The Morgan fingerprint density at radius 2 is 1.83 bits per heavy atom. The third kappa shape index (κ3) is 3.50. The summed E-state index contributed by atoms with van der Waals surface area (Å²) in [6, 6.07) is 9.04. The van der Waals surface area contributed by atoms with E-state index < -0.39 is 0 Å². The molecule has 0 aliphatic carbocycles. The maximum absolute atomic E-state index is 8.67. The molecule has 0 radical (unpaired) electrons. The second kappa shape index (κ2) is 6.25. The molecule has 0 amide bonds. The molecule has 1 aromatic heterocycles. The Labute approximate surface area is 115 Å². The summed E-state index contributed by atoms with van der Waals surface area (Å²) in [5.74, 6) is 1.52. The molecule has 0 fully saturated rings. The Kier molecular flexibility index (Phi) is 4.66. The van der Waals surface area contributed by atoms with Crippen molar-refractivity contribution in [2.45, 2.75) is 6.54 Å². The molecule has 18 heavy (non-hydrogen) atoms. The van der Waals surface area contributed by atoms with Crippen molar-refractivity contribution in [1.82, 2.24) is 5.32 Å². The first-order valence-corrected chi connectivity index (χ1v) is 6.31. The standard InChI is InChI=1S/C13H13Cl2NO2/c14-10-5-9(6-11(15)7-10)13-2-1-12(18-13)8-16-3-4-17/h1-2,5-7,16-17H,3-4,8H2. The van der Waals surface area contributed by atoms with E-state index in [1.165, 1.54) is 0 Å². The normalized spacial score (nSPS) is 10.8. The van der Waals surface area contributed by atoms with Gasteiger partial charge in [0.25, 0.3) is 0 Å². The summed E-state index contributed by atoms with van der Waals surface area (Å²) in [7, 11) is 0. The fraction of sp³-hybridized carbons (Fsp3) is 0.231. The molecule has 2 N–H and O–H groups in total. The molecule has 96 valence electrons. The van der Waals surface area contributed by atoms with Gasteiger partial charge in [-0.15, -0.1) is 0 Å². The van der Waals surface area contributed by atoms with E-state index in [-0.39, 0.29) is 6.61 Å². The van der Waals surface area contributed by atoms with Crippen LogP contribution in [-0.2, 0) is 6.54 Å². The Balaban J connectivity index is 2.13. The van der Waals surface area contributed by atoms with Gasteiger partial charge in [-0.3, -0.25) is 0 Å². The van der Waals surface area contributed by atoms with Crippen LogP contribution in [0.15, 0.2) is 34.7 Å². The van der Waals surface area contributed by atoms with Crippen LogP contribution in [0.3, 0.4) is 0 Å². The lowest BCUT2D eigenvalue weighted by Gasteiger charge is -2.01. The molecule has 3 nitrogen and oxygen atoms in total. The molecule has 0 spiro atoms. The van der Waals surface area contributed by atoms with E-state index in [1.54, 1.807) is 18.2 Å². The third-order valence-electron chi connectivity index (χ3n) is 2.40. The molecule has 2 aromatic rings. The van der Waals surface area contributed by atoms with Gasteiger partial charge in [0.1, 0.15) is 11.5 Å². The highest BCUT2D eigenvalue weighted by Gasteiger charge is 2.06. The summed E-state index contributed by atoms with van der Waals surface area (Å²) < 4.78 is 5.66. The molecule has 0 unspecified atom stereocenters. The summed E-state index contributed by atoms with van der Waals surface area (Å²) in [6.07, 6.45) is 0. The van der Waals surface area contributed by atoms with E-state index in [0.29, 0.717) is 23.1 Å². The molecule has 0 atom stereocenters. The predicted molar refractivity (Wildman–Crippen MR) is 73.0 cm³/mol. The van der Waals surface area contributed by atoms with E-state index in [2.05, 4.69) is 5.32 Å². The quantitative estimate of drug-likeness (QED) is 0.829. The number of hydrogen-bond acceptors (Lipinski definition) is 3. The highest BCUT2D eigenvalue weighted by atomic mass is 35.5. The molecule has 0 saturated carbocycles. The number of hydrogen-bond donors (Lipinski definition) is 2. The van der Waals surface area contributed by atoms with Gasteiger partial charge in [0.2, 0.25) is 0 Å². The number of furan rings is 1. The first kappa shape index (κ1) is 13.4. The topological polar surface area (TPSA) is 45.4 Å². The van der Waals surface area contributed by atoms with Crippen molar-refractivity contribution in [2.24, 2.45) is 0 Å². The molecular formula is C13H13Cl2NO2. The molecule has 2 rings (SSSR count). The van der Waals surface area contributed by atoms with E-state index in [1.807, 2.05) is 12.1 Å². The largest absolute Gasteiger partial charge is 0.460 e. The SMILES string of the molecule is OCCNCc1ccc(-c2cc(Cl)cc(Cl)c2)o1. The smallest absolute Gasteiger partial charge is 0.134 e. The zero-order valence-electron chi connectivity index (χ0n) is 9.62. The first-order valence-electron chi connectivity index (χ1n) is 5.56. The Bertz CT molecular complexity index is 505. The average molecular weight is 286 g/mol. The fourth-order valence-electron chi connectivity index (χ4n) is 1.61. The number of aliphatic hydroxyl groups is 1.